The SMILES string of the molecule is COc1cc(C)c(C)cc1C(N)C(N)=O. The fraction of sp³-hybridized carbons (Fsp3) is 0.364. The van der Waals surface area contributed by atoms with Crippen LogP contribution in [0, 0.1) is 13.8 Å². The van der Waals surface area contributed by atoms with Crippen LogP contribution < -0.4 is 16.2 Å². The molecular formula is C11H16N2O2. The van der Waals surface area contributed by atoms with E-state index in [1.54, 1.807) is 7.11 Å². The third kappa shape index (κ3) is 2.27. The molecule has 0 radical (unpaired) electrons. The molecule has 0 aliphatic carbocycles. The van der Waals surface area contributed by atoms with E-state index in [0.717, 1.165) is 11.1 Å². The molecule has 82 valence electrons. The third-order valence-electron chi connectivity index (χ3n) is 2.49. The van der Waals surface area contributed by atoms with Crippen LogP contribution in [0.25, 0.3) is 0 Å². The van der Waals surface area contributed by atoms with Gasteiger partial charge in [0.1, 0.15) is 11.8 Å². The molecule has 1 aromatic rings. The Hall–Kier alpha value is -1.55. The number of hydrogen-bond acceptors (Lipinski definition) is 3. The van der Waals surface area contributed by atoms with Crippen LogP contribution in [0.5, 0.6) is 5.75 Å². The van der Waals surface area contributed by atoms with Crippen LogP contribution in [0.1, 0.15) is 22.7 Å². The van der Waals surface area contributed by atoms with Crippen LogP contribution in [0.4, 0.5) is 0 Å². The van der Waals surface area contributed by atoms with E-state index in [9.17, 15) is 4.79 Å². The maximum atomic E-state index is 11.0. The number of nitrogens with two attached hydrogens (primary N) is 2. The highest BCUT2D eigenvalue weighted by Crippen LogP contribution is 2.27. The van der Waals surface area contributed by atoms with Gasteiger partial charge in [0.25, 0.3) is 0 Å². The van der Waals surface area contributed by atoms with Crippen molar-refractivity contribution in [1.82, 2.24) is 0 Å². The monoisotopic (exact) mass is 208 g/mol. The highest BCUT2D eigenvalue weighted by atomic mass is 16.5. The predicted molar refractivity (Wildman–Crippen MR) is 58.6 cm³/mol. The average Bonchev–Trinajstić information content (AvgIpc) is 2.20. The van der Waals surface area contributed by atoms with E-state index in [-0.39, 0.29) is 0 Å². The summed E-state index contributed by atoms with van der Waals surface area (Å²) < 4.78 is 5.16. The Morgan fingerprint density at radius 3 is 2.33 bits per heavy atom. The zero-order valence-electron chi connectivity index (χ0n) is 9.20. The van der Waals surface area contributed by atoms with Crippen LogP contribution in [-0.4, -0.2) is 13.0 Å². The third-order valence-corrected chi connectivity index (χ3v) is 2.49. The second-order valence-electron chi connectivity index (χ2n) is 3.56. The van der Waals surface area contributed by atoms with Gasteiger partial charge in [0.15, 0.2) is 0 Å². The molecule has 0 saturated heterocycles. The van der Waals surface area contributed by atoms with Gasteiger partial charge in [-0.1, -0.05) is 6.07 Å². The lowest BCUT2D eigenvalue weighted by atomic mass is 10.00. The zero-order chi connectivity index (χ0) is 11.6. The van der Waals surface area contributed by atoms with E-state index in [1.807, 2.05) is 26.0 Å². The Balaban J connectivity index is 3.27. The van der Waals surface area contributed by atoms with E-state index in [4.69, 9.17) is 16.2 Å². The first kappa shape index (κ1) is 11.5. The van der Waals surface area contributed by atoms with Crippen LogP contribution >= 0.6 is 0 Å². The van der Waals surface area contributed by atoms with Crippen LogP contribution in [-0.2, 0) is 4.79 Å². The zero-order valence-corrected chi connectivity index (χ0v) is 9.20. The molecule has 1 rings (SSSR count). The van der Waals surface area contributed by atoms with Gasteiger partial charge >= 0.3 is 0 Å². The molecule has 1 aromatic carbocycles. The van der Waals surface area contributed by atoms with Crippen molar-refractivity contribution >= 4 is 5.91 Å². The number of rotatable bonds is 3. The normalized spacial score (nSPS) is 12.3. The smallest absolute Gasteiger partial charge is 0.239 e. The Kier molecular flexibility index (Phi) is 3.31. The number of primary amides is 1. The molecule has 0 saturated carbocycles. The molecule has 4 heteroatoms. The molecule has 4 nitrogen and oxygen atoms in total. The van der Waals surface area contributed by atoms with E-state index in [2.05, 4.69) is 0 Å². The predicted octanol–water partition coefficient (Wildman–Crippen LogP) is 0.797. The maximum absolute atomic E-state index is 11.0. The van der Waals surface area contributed by atoms with Gasteiger partial charge in [0.05, 0.1) is 7.11 Å². The van der Waals surface area contributed by atoms with Crippen molar-refractivity contribution in [3.05, 3.63) is 28.8 Å². The van der Waals surface area contributed by atoms with Gasteiger partial charge in [-0.25, -0.2) is 0 Å². The largest absolute Gasteiger partial charge is 0.496 e. The molecule has 0 spiro atoms. The minimum atomic E-state index is -0.820. The fourth-order valence-electron chi connectivity index (χ4n) is 1.39. The summed E-state index contributed by atoms with van der Waals surface area (Å²) in [5.41, 5.74) is 13.6. The van der Waals surface area contributed by atoms with Gasteiger partial charge in [0, 0.05) is 5.56 Å². The molecule has 0 aromatic heterocycles. The summed E-state index contributed by atoms with van der Waals surface area (Å²) in [5.74, 6) is 0.0425. The molecular weight excluding hydrogens is 192 g/mol. The quantitative estimate of drug-likeness (QED) is 0.771. The number of aryl methyl sites for hydroxylation is 2. The van der Waals surface area contributed by atoms with Gasteiger partial charge in [0.2, 0.25) is 5.91 Å². The number of carbonyl (C=O) groups excluding carboxylic acids is 1. The molecule has 4 N–H and O–H groups in total. The summed E-state index contributed by atoms with van der Waals surface area (Å²) in [6.45, 7) is 3.92. The van der Waals surface area contributed by atoms with Crippen LogP contribution in [0.15, 0.2) is 12.1 Å². The van der Waals surface area contributed by atoms with E-state index in [1.165, 1.54) is 0 Å². The minimum Gasteiger partial charge on any atom is -0.496 e. The van der Waals surface area contributed by atoms with E-state index < -0.39 is 11.9 Å². The van der Waals surface area contributed by atoms with Gasteiger partial charge in [-0.2, -0.15) is 0 Å². The number of hydrogen-bond donors (Lipinski definition) is 2. The Bertz CT molecular complexity index is 388. The number of ether oxygens (including phenoxy) is 1. The lowest BCUT2D eigenvalue weighted by Crippen LogP contribution is -2.28. The first-order chi connectivity index (χ1) is 6.97. The van der Waals surface area contributed by atoms with Crippen molar-refractivity contribution in [2.75, 3.05) is 7.11 Å². The topological polar surface area (TPSA) is 78.3 Å². The number of methoxy groups -OCH3 is 1. The highest BCUT2D eigenvalue weighted by molar-refractivity contribution is 5.82. The summed E-state index contributed by atoms with van der Waals surface area (Å²) in [5, 5.41) is 0. The lowest BCUT2D eigenvalue weighted by molar-refractivity contribution is -0.119. The van der Waals surface area contributed by atoms with Crippen molar-refractivity contribution < 1.29 is 9.53 Å². The molecule has 0 heterocycles. The lowest BCUT2D eigenvalue weighted by Gasteiger charge is -2.15. The standard InChI is InChI=1S/C11H16N2O2/c1-6-4-8(10(12)11(13)14)9(15-3)5-7(6)2/h4-5,10H,12H2,1-3H3,(H2,13,14). The summed E-state index contributed by atoms with van der Waals surface area (Å²) >= 11 is 0. The molecule has 0 aliphatic rings. The van der Waals surface area contributed by atoms with Gasteiger partial charge in [-0.15, -0.1) is 0 Å². The number of carbonyl (C=O) groups is 1. The summed E-state index contributed by atoms with van der Waals surface area (Å²) in [6.07, 6.45) is 0. The van der Waals surface area contributed by atoms with Gasteiger partial charge < -0.3 is 16.2 Å². The first-order valence-electron chi connectivity index (χ1n) is 4.67. The van der Waals surface area contributed by atoms with Crippen molar-refractivity contribution in [3.63, 3.8) is 0 Å². The number of amides is 1. The second kappa shape index (κ2) is 4.31. The van der Waals surface area contributed by atoms with E-state index in [0.29, 0.717) is 11.3 Å². The Morgan fingerprint density at radius 1 is 1.33 bits per heavy atom. The molecule has 0 aliphatic heterocycles. The number of benzene rings is 1. The summed E-state index contributed by atoms with van der Waals surface area (Å²) in [7, 11) is 1.54. The Labute approximate surface area is 89.2 Å². The molecule has 15 heavy (non-hydrogen) atoms. The molecule has 1 atom stereocenters. The van der Waals surface area contributed by atoms with Crippen molar-refractivity contribution in [1.29, 1.82) is 0 Å². The van der Waals surface area contributed by atoms with Crippen LogP contribution in [0.3, 0.4) is 0 Å². The summed E-state index contributed by atoms with van der Waals surface area (Å²) in [6, 6.07) is 2.87. The minimum absolute atomic E-state index is 0.559. The fourth-order valence-corrected chi connectivity index (χ4v) is 1.39. The first-order valence-corrected chi connectivity index (χ1v) is 4.67. The van der Waals surface area contributed by atoms with Crippen molar-refractivity contribution in [2.45, 2.75) is 19.9 Å². The van der Waals surface area contributed by atoms with Gasteiger partial charge in [-0.3, -0.25) is 4.79 Å². The average molecular weight is 208 g/mol. The second-order valence-corrected chi connectivity index (χ2v) is 3.56. The van der Waals surface area contributed by atoms with Gasteiger partial charge in [-0.05, 0) is 31.0 Å². The molecule has 1 amide bonds. The van der Waals surface area contributed by atoms with E-state index >= 15 is 0 Å². The summed E-state index contributed by atoms with van der Waals surface area (Å²) in [4.78, 5) is 11.0. The Morgan fingerprint density at radius 2 is 1.87 bits per heavy atom. The molecule has 0 fully saturated rings. The van der Waals surface area contributed by atoms with Crippen molar-refractivity contribution in [2.24, 2.45) is 11.5 Å². The molecule has 1 unspecified atom stereocenters. The van der Waals surface area contributed by atoms with Crippen molar-refractivity contribution in [3.8, 4) is 5.75 Å². The maximum Gasteiger partial charge on any atom is 0.239 e. The molecule has 0 bridgehead atoms. The highest BCUT2D eigenvalue weighted by Gasteiger charge is 2.17. The van der Waals surface area contributed by atoms with Crippen LogP contribution in [0.2, 0.25) is 0 Å².